The Bertz CT molecular complexity index is 589. The number of hydrogen-bond acceptors (Lipinski definition) is 5. The van der Waals surface area contributed by atoms with Crippen molar-refractivity contribution in [2.45, 2.75) is 12.8 Å². The number of rotatable bonds is 6. The minimum absolute atomic E-state index is 0.0470. The molecule has 1 heterocycles. The Morgan fingerprint density at radius 2 is 2.16 bits per heavy atom. The highest BCUT2D eigenvalue weighted by Crippen LogP contribution is 2.31. The summed E-state index contributed by atoms with van der Waals surface area (Å²) in [4.78, 5) is 14.7. The minimum atomic E-state index is -0.408. The lowest BCUT2D eigenvalue weighted by molar-refractivity contribution is -0.383. The van der Waals surface area contributed by atoms with E-state index in [1.165, 1.54) is 6.07 Å². The Morgan fingerprint density at radius 3 is 2.89 bits per heavy atom. The maximum absolute atomic E-state index is 11.0. The smallest absolute Gasteiger partial charge is 0.279 e. The first-order valence-corrected chi connectivity index (χ1v) is 6.63. The molecule has 1 aromatic carbocycles. The topological polar surface area (TPSA) is 65.3 Å². The van der Waals surface area contributed by atoms with Gasteiger partial charge >= 0.3 is 0 Å². The van der Waals surface area contributed by atoms with Crippen molar-refractivity contribution in [3.05, 3.63) is 40.6 Å². The first-order valence-electron chi connectivity index (χ1n) is 6.00. The molecule has 0 bridgehead atoms. The standard InChI is InChI=1S/C13H14N2O3S/c16-15(17)11-5-6-12(18-8-1-2-9-19)13-10(11)4-3-7-14-13/h3-7,19H,1-2,8-9H2. The van der Waals surface area contributed by atoms with Crippen LogP contribution in [0.5, 0.6) is 5.75 Å². The lowest BCUT2D eigenvalue weighted by atomic mass is 10.1. The number of unbranched alkanes of at least 4 members (excludes halogenated alkanes) is 1. The predicted octanol–water partition coefficient (Wildman–Crippen LogP) is 3.23. The molecule has 0 aliphatic carbocycles. The summed E-state index contributed by atoms with van der Waals surface area (Å²) in [6, 6.07) is 6.42. The zero-order valence-corrected chi connectivity index (χ0v) is 11.2. The molecular weight excluding hydrogens is 264 g/mol. The molecule has 0 N–H and O–H groups in total. The molecule has 6 heteroatoms. The number of thiol groups is 1. The summed E-state index contributed by atoms with van der Waals surface area (Å²) in [7, 11) is 0. The number of nitro benzene ring substituents is 1. The van der Waals surface area contributed by atoms with Crippen molar-refractivity contribution in [2.75, 3.05) is 12.4 Å². The molecule has 100 valence electrons. The largest absolute Gasteiger partial charge is 0.491 e. The van der Waals surface area contributed by atoms with E-state index in [2.05, 4.69) is 17.6 Å². The zero-order valence-electron chi connectivity index (χ0n) is 10.3. The van der Waals surface area contributed by atoms with Gasteiger partial charge in [-0.1, -0.05) is 0 Å². The molecule has 0 saturated heterocycles. The molecule has 0 aliphatic heterocycles. The molecule has 0 aliphatic rings. The maximum atomic E-state index is 11.0. The van der Waals surface area contributed by atoms with Gasteiger partial charge in [-0.2, -0.15) is 12.6 Å². The highest BCUT2D eigenvalue weighted by molar-refractivity contribution is 7.80. The van der Waals surface area contributed by atoms with Crippen molar-refractivity contribution in [3.63, 3.8) is 0 Å². The van der Waals surface area contributed by atoms with Crippen LogP contribution in [-0.4, -0.2) is 22.3 Å². The number of aromatic nitrogens is 1. The Labute approximate surface area is 116 Å². The molecule has 0 radical (unpaired) electrons. The van der Waals surface area contributed by atoms with E-state index < -0.39 is 4.92 Å². The molecule has 0 atom stereocenters. The summed E-state index contributed by atoms with van der Waals surface area (Å²) in [5.41, 5.74) is 0.577. The van der Waals surface area contributed by atoms with E-state index in [-0.39, 0.29) is 5.69 Å². The average molecular weight is 278 g/mol. The summed E-state index contributed by atoms with van der Waals surface area (Å²) < 4.78 is 5.64. The van der Waals surface area contributed by atoms with Gasteiger partial charge in [0.25, 0.3) is 5.69 Å². The fourth-order valence-electron chi connectivity index (χ4n) is 1.80. The van der Waals surface area contributed by atoms with Crippen LogP contribution in [0, 0.1) is 10.1 Å². The van der Waals surface area contributed by atoms with Crippen LogP contribution < -0.4 is 4.74 Å². The number of pyridine rings is 1. The summed E-state index contributed by atoms with van der Waals surface area (Å²) in [6.45, 7) is 0.560. The molecule has 1 aromatic heterocycles. The highest BCUT2D eigenvalue weighted by Gasteiger charge is 2.15. The van der Waals surface area contributed by atoms with Crippen LogP contribution in [0.4, 0.5) is 5.69 Å². The van der Waals surface area contributed by atoms with Crippen LogP contribution >= 0.6 is 12.6 Å². The number of hydrogen-bond donors (Lipinski definition) is 1. The number of benzene rings is 1. The number of non-ortho nitro benzene ring substituents is 1. The van der Waals surface area contributed by atoms with Gasteiger partial charge in [-0.3, -0.25) is 15.1 Å². The van der Waals surface area contributed by atoms with E-state index in [0.29, 0.717) is 23.3 Å². The summed E-state index contributed by atoms with van der Waals surface area (Å²) in [5.74, 6) is 1.41. The van der Waals surface area contributed by atoms with Gasteiger partial charge in [-0.25, -0.2) is 0 Å². The Kier molecular flexibility index (Phi) is 4.57. The van der Waals surface area contributed by atoms with Gasteiger partial charge in [0.2, 0.25) is 0 Å². The van der Waals surface area contributed by atoms with Gasteiger partial charge in [0.15, 0.2) is 0 Å². The van der Waals surface area contributed by atoms with Crippen LogP contribution in [-0.2, 0) is 0 Å². The monoisotopic (exact) mass is 278 g/mol. The predicted molar refractivity (Wildman–Crippen MR) is 77.0 cm³/mol. The van der Waals surface area contributed by atoms with Crippen molar-refractivity contribution >= 4 is 29.2 Å². The third-order valence-electron chi connectivity index (χ3n) is 2.72. The van der Waals surface area contributed by atoms with Crippen molar-refractivity contribution in [3.8, 4) is 5.75 Å². The number of ether oxygens (including phenoxy) is 1. The van der Waals surface area contributed by atoms with Gasteiger partial charge in [-0.05, 0) is 36.8 Å². The van der Waals surface area contributed by atoms with Crippen molar-refractivity contribution in [1.82, 2.24) is 4.98 Å². The molecule has 5 nitrogen and oxygen atoms in total. The summed E-state index contributed by atoms with van der Waals surface area (Å²) >= 11 is 4.13. The van der Waals surface area contributed by atoms with Crippen LogP contribution in [0.15, 0.2) is 30.5 Å². The molecule has 0 spiro atoms. The third-order valence-corrected chi connectivity index (χ3v) is 3.03. The lowest BCUT2D eigenvalue weighted by Crippen LogP contribution is -2.00. The summed E-state index contributed by atoms with van der Waals surface area (Å²) in [5, 5.41) is 11.5. The molecule has 19 heavy (non-hydrogen) atoms. The second-order valence-corrected chi connectivity index (χ2v) is 4.47. The Balaban J connectivity index is 2.30. The van der Waals surface area contributed by atoms with Crippen molar-refractivity contribution in [1.29, 1.82) is 0 Å². The van der Waals surface area contributed by atoms with E-state index >= 15 is 0 Å². The van der Waals surface area contributed by atoms with E-state index in [4.69, 9.17) is 4.74 Å². The van der Waals surface area contributed by atoms with Crippen LogP contribution in [0.1, 0.15) is 12.8 Å². The van der Waals surface area contributed by atoms with Gasteiger partial charge < -0.3 is 4.74 Å². The first kappa shape index (κ1) is 13.6. The lowest BCUT2D eigenvalue weighted by Gasteiger charge is -2.08. The van der Waals surface area contributed by atoms with Crippen LogP contribution in [0.3, 0.4) is 0 Å². The number of nitro groups is 1. The van der Waals surface area contributed by atoms with E-state index in [9.17, 15) is 10.1 Å². The van der Waals surface area contributed by atoms with Gasteiger partial charge in [-0.15, -0.1) is 0 Å². The fraction of sp³-hybridized carbons (Fsp3) is 0.308. The average Bonchev–Trinajstić information content (AvgIpc) is 2.43. The first-order chi connectivity index (χ1) is 9.24. The zero-order chi connectivity index (χ0) is 13.7. The Hall–Kier alpha value is -1.82. The fourth-order valence-corrected chi connectivity index (χ4v) is 2.03. The normalized spacial score (nSPS) is 10.6. The number of fused-ring (bicyclic) bond motifs is 1. The molecule has 0 unspecified atom stereocenters. The highest BCUT2D eigenvalue weighted by atomic mass is 32.1. The maximum Gasteiger partial charge on any atom is 0.279 e. The molecule has 0 saturated carbocycles. The number of nitrogens with zero attached hydrogens (tertiary/aromatic N) is 2. The second-order valence-electron chi connectivity index (χ2n) is 4.02. The molecule has 2 rings (SSSR count). The van der Waals surface area contributed by atoms with E-state index in [1.807, 2.05) is 0 Å². The SMILES string of the molecule is O=[N+]([O-])c1ccc(OCCCCS)c2ncccc12. The molecule has 2 aromatic rings. The Morgan fingerprint density at radius 1 is 1.32 bits per heavy atom. The quantitative estimate of drug-likeness (QED) is 0.381. The van der Waals surface area contributed by atoms with Crippen LogP contribution in [0.25, 0.3) is 10.9 Å². The summed E-state index contributed by atoms with van der Waals surface area (Å²) in [6.07, 6.45) is 3.48. The van der Waals surface area contributed by atoms with Gasteiger partial charge in [0, 0.05) is 12.3 Å². The van der Waals surface area contributed by atoms with Crippen LogP contribution in [0.2, 0.25) is 0 Å². The molecular formula is C13H14N2O3S. The molecule has 0 amide bonds. The van der Waals surface area contributed by atoms with Crippen molar-refractivity contribution in [2.24, 2.45) is 0 Å². The van der Waals surface area contributed by atoms with E-state index in [1.54, 1.807) is 24.4 Å². The van der Waals surface area contributed by atoms with Gasteiger partial charge in [0.1, 0.15) is 11.3 Å². The minimum Gasteiger partial charge on any atom is -0.491 e. The van der Waals surface area contributed by atoms with E-state index in [0.717, 1.165) is 18.6 Å². The molecule has 0 fully saturated rings. The second kappa shape index (κ2) is 6.38. The third kappa shape index (κ3) is 3.14. The van der Waals surface area contributed by atoms with Gasteiger partial charge in [0.05, 0.1) is 16.9 Å². The van der Waals surface area contributed by atoms with Crippen molar-refractivity contribution < 1.29 is 9.66 Å².